The maximum absolute atomic E-state index is 13.4. The molecule has 33 heavy (non-hydrogen) atoms. The van der Waals surface area contributed by atoms with Gasteiger partial charge in [0.05, 0.1) is 29.0 Å². The number of primary amides is 1. The lowest BCUT2D eigenvalue weighted by Crippen LogP contribution is -2.44. The standard InChI is InChI=1S/C25H25N3O5/c1-3-14-15-11-28-19(10-17-16(23(28)30)12-33-24(31)25(17,32)4-2)22(15)27-18-7-5-6-13(21(14)18)8-9-20(26)29/h5-7,10,32H,3-4,8-9,11-12H2,1-2H3,(H2,26,29)/t25-/m0/s1. The predicted molar refractivity (Wildman–Crippen MR) is 121 cm³/mol. The van der Waals surface area contributed by atoms with E-state index < -0.39 is 11.6 Å². The lowest BCUT2D eigenvalue weighted by atomic mass is 9.86. The number of pyridine rings is 2. The number of benzene rings is 1. The van der Waals surface area contributed by atoms with E-state index in [1.807, 2.05) is 18.2 Å². The van der Waals surface area contributed by atoms with Crippen LogP contribution < -0.4 is 11.3 Å². The van der Waals surface area contributed by atoms with Gasteiger partial charge in [-0.1, -0.05) is 26.0 Å². The molecule has 2 aliphatic rings. The van der Waals surface area contributed by atoms with Crippen LogP contribution in [0.2, 0.25) is 0 Å². The molecule has 1 atom stereocenters. The number of ether oxygens (including phenoxy) is 1. The molecule has 2 aromatic heterocycles. The van der Waals surface area contributed by atoms with Crippen LogP contribution in [-0.4, -0.2) is 26.5 Å². The van der Waals surface area contributed by atoms with E-state index in [-0.39, 0.29) is 30.9 Å². The van der Waals surface area contributed by atoms with Crippen molar-refractivity contribution in [1.29, 1.82) is 0 Å². The van der Waals surface area contributed by atoms with Gasteiger partial charge in [-0.3, -0.25) is 9.59 Å². The lowest BCUT2D eigenvalue weighted by Gasteiger charge is -2.31. The first-order chi connectivity index (χ1) is 15.8. The third-order valence-corrected chi connectivity index (χ3v) is 6.91. The molecule has 170 valence electrons. The van der Waals surface area contributed by atoms with Crippen molar-refractivity contribution in [1.82, 2.24) is 9.55 Å². The molecule has 3 N–H and O–H groups in total. The summed E-state index contributed by atoms with van der Waals surface area (Å²) in [5.74, 6) is -1.09. The molecule has 3 aromatic rings. The van der Waals surface area contributed by atoms with Gasteiger partial charge in [-0.15, -0.1) is 0 Å². The van der Waals surface area contributed by atoms with Crippen molar-refractivity contribution in [3.8, 4) is 11.4 Å². The molecular formula is C25H25N3O5. The minimum absolute atomic E-state index is 0.100. The number of amides is 1. The number of rotatable bonds is 5. The topological polar surface area (TPSA) is 125 Å². The molecule has 8 nitrogen and oxygen atoms in total. The number of esters is 1. The molecule has 1 aromatic carbocycles. The fraction of sp³-hybridized carbons (Fsp3) is 0.360. The number of carbonyl (C=O) groups excluding carboxylic acids is 2. The number of hydrogen-bond donors (Lipinski definition) is 2. The SMILES string of the molecule is CCc1c2c(nc3cccc(CCC(N)=O)c13)-c1cc3c(c(=O)n1C2)COC(=O)[C@]3(O)CC. The van der Waals surface area contributed by atoms with Crippen molar-refractivity contribution < 1.29 is 19.4 Å². The first-order valence-electron chi connectivity index (χ1n) is 11.2. The number of cyclic esters (lactones) is 1. The van der Waals surface area contributed by atoms with Gasteiger partial charge in [0.25, 0.3) is 5.56 Å². The van der Waals surface area contributed by atoms with Crippen molar-refractivity contribution in [3.63, 3.8) is 0 Å². The van der Waals surface area contributed by atoms with E-state index in [2.05, 4.69) is 6.92 Å². The first-order valence-corrected chi connectivity index (χ1v) is 11.2. The smallest absolute Gasteiger partial charge is 0.343 e. The van der Waals surface area contributed by atoms with Crippen LogP contribution in [0.1, 0.15) is 54.5 Å². The summed E-state index contributed by atoms with van der Waals surface area (Å²) in [7, 11) is 0. The zero-order valence-corrected chi connectivity index (χ0v) is 18.6. The van der Waals surface area contributed by atoms with E-state index >= 15 is 0 Å². The quantitative estimate of drug-likeness (QED) is 0.451. The molecule has 0 fully saturated rings. The van der Waals surface area contributed by atoms with Crippen molar-refractivity contribution in [2.75, 3.05) is 0 Å². The summed E-state index contributed by atoms with van der Waals surface area (Å²) in [6, 6.07) is 7.52. The Balaban J connectivity index is 1.76. The van der Waals surface area contributed by atoms with Crippen molar-refractivity contribution in [2.24, 2.45) is 5.73 Å². The van der Waals surface area contributed by atoms with E-state index in [1.165, 1.54) is 0 Å². The fourth-order valence-corrected chi connectivity index (χ4v) is 5.16. The van der Waals surface area contributed by atoms with E-state index in [4.69, 9.17) is 15.5 Å². The summed E-state index contributed by atoms with van der Waals surface area (Å²) < 4.78 is 6.79. The Hall–Kier alpha value is -3.52. The molecule has 0 saturated carbocycles. The summed E-state index contributed by atoms with van der Waals surface area (Å²) in [4.78, 5) is 42.0. The van der Waals surface area contributed by atoms with Gasteiger partial charge in [-0.25, -0.2) is 9.78 Å². The first kappa shape index (κ1) is 21.3. The summed E-state index contributed by atoms with van der Waals surface area (Å²) in [5, 5.41) is 12.0. The molecule has 4 heterocycles. The molecule has 1 amide bonds. The minimum atomic E-state index is -1.85. The molecule has 0 saturated heterocycles. The van der Waals surface area contributed by atoms with Gasteiger partial charge in [-0.2, -0.15) is 0 Å². The zero-order chi connectivity index (χ0) is 23.5. The lowest BCUT2D eigenvalue weighted by molar-refractivity contribution is -0.172. The van der Waals surface area contributed by atoms with Crippen molar-refractivity contribution in [3.05, 3.63) is 62.4 Å². The van der Waals surface area contributed by atoms with E-state index in [9.17, 15) is 19.5 Å². The number of aryl methyl sites for hydroxylation is 2. The monoisotopic (exact) mass is 447 g/mol. The maximum atomic E-state index is 13.4. The van der Waals surface area contributed by atoms with Crippen LogP contribution in [0.4, 0.5) is 0 Å². The van der Waals surface area contributed by atoms with Crippen molar-refractivity contribution >= 4 is 22.8 Å². The van der Waals surface area contributed by atoms with Gasteiger partial charge in [0.1, 0.15) is 6.61 Å². The highest BCUT2D eigenvalue weighted by atomic mass is 16.6. The Bertz CT molecular complexity index is 1410. The molecule has 0 spiro atoms. The normalized spacial score (nSPS) is 18.6. The Morgan fingerprint density at radius 3 is 2.76 bits per heavy atom. The third-order valence-electron chi connectivity index (χ3n) is 6.91. The van der Waals surface area contributed by atoms with Crippen LogP contribution in [0.3, 0.4) is 0 Å². The summed E-state index contributed by atoms with van der Waals surface area (Å²) >= 11 is 0. The minimum Gasteiger partial charge on any atom is -0.458 e. The Labute approximate surface area is 190 Å². The largest absolute Gasteiger partial charge is 0.458 e. The summed E-state index contributed by atoms with van der Waals surface area (Å²) in [6.07, 6.45) is 1.58. The molecule has 0 unspecified atom stereocenters. The van der Waals surface area contributed by atoms with Gasteiger partial charge in [0.2, 0.25) is 5.91 Å². The molecule has 2 aliphatic heterocycles. The number of nitrogens with zero attached hydrogens (tertiary/aromatic N) is 2. The van der Waals surface area contributed by atoms with Crippen LogP contribution in [0.5, 0.6) is 0 Å². The molecular weight excluding hydrogens is 422 g/mol. The highest BCUT2D eigenvalue weighted by molar-refractivity contribution is 5.91. The van der Waals surface area contributed by atoms with Gasteiger partial charge in [0, 0.05) is 22.9 Å². The van der Waals surface area contributed by atoms with Gasteiger partial charge < -0.3 is 20.1 Å². The number of aromatic nitrogens is 2. The summed E-state index contributed by atoms with van der Waals surface area (Å²) in [5.41, 5.74) is 8.94. The van der Waals surface area contributed by atoms with Gasteiger partial charge in [0.15, 0.2) is 5.60 Å². The molecule has 8 heteroatoms. The average Bonchev–Trinajstić information content (AvgIpc) is 3.17. The second-order valence-electron chi connectivity index (χ2n) is 8.65. The molecule has 0 bridgehead atoms. The van der Waals surface area contributed by atoms with Crippen molar-refractivity contribution in [2.45, 2.75) is 58.3 Å². The number of aliphatic hydroxyl groups is 1. The fourth-order valence-electron chi connectivity index (χ4n) is 5.16. The van der Waals surface area contributed by atoms with E-state index in [0.29, 0.717) is 35.5 Å². The number of hydrogen-bond acceptors (Lipinski definition) is 6. The molecule has 0 radical (unpaired) electrons. The van der Waals surface area contributed by atoms with Gasteiger partial charge in [-0.05, 0) is 42.5 Å². The van der Waals surface area contributed by atoms with Crippen LogP contribution in [-0.2, 0) is 45.9 Å². The Morgan fingerprint density at radius 2 is 2.06 bits per heavy atom. The molecule has 5 rings (SSSR count). The Kier molecular flexibility index (Phi) is 4.86. The second kappa shape index (κ2) is 7.52. The summed E-state index contributed by atoms with van der Waals surface area (Å²) in [6.45, 7) is 3.94. The van der Waals surface area contributed by atoms with Crippen LogP contribution in [0.25, 0.3) is 22.3 Å². The van der Waals surface area contributed by atoms with Crippen LogP contribution in [0, 0.1) is 0 Å². The van der Waals surface area contributed by atoms with Crippen LogP contribution in [0.15, 0.2) is 29.1 Å². The van der Waals surface area contributed by atoms with E-state index in [0.717, 1.165) is 34.0 Å². The predicted octanol–water partition coefficient (Wildman–Crippen LogP) is 2.06. The zero-order valence-electron chi connectivity index (χ0n) is 18.6. The number of fused-ring (bicyclic) bond motifs is 5. The Morgan fingerprint density at radius 1 is 1.27 bits per heavy atom. The second-order valence-corrected chi connectivity index (χ2v) is 8.65. The number of carbonyl (C=O) groups is 2. The van der Waals surface area contributed by atoms with Gasteiger partial charge >= 0.3 is 5.97 Å². The third kappa shape index (κ3) is 3.01. The maximum Gasteiger partial charge on any atom is 0.343 e. The number of nitrogens with two attached hydrogens (primary N) is 1. The molecule has 0 aliphatic carbocycles. The van der Waals surface area contributed by atoms with Crippen LogP contribution >= 0.6 is 0 Å². The highest BCUT2D eigenvalue weighted by Crippen LogP contribution is 2.40. The highest BCUT2D eigenvalue weighted by Gasteiger charge is 2.45. The average molecular weight is 447 g/mol. The van der Waals surface area contributed by atoms with E-state index in [1.54, 1.807) is 17.6 Å².